The molecule has 1 aliphatic heterocycles. The van der Waals surface area contributed by atoms with Gasteiger partial charge in [0.25, 0.3) is 0 Å². The Bertz CT molecular complexity index is 1370. The summed E-state index contributed by atoms with van der Waals surface area (Å²) in [6, 6.07) is 43.8. The molecule has 146 valence electrons. The zero-order valence-corrected chi connectivity index (χ0v) is 17.2. The van der Waals surface area contributed by atoms with E-state index >= 15 is 0 Å². The van der Waals surface area contributed by atoms with Crippen molar-refractivity contribution in [2.45, 2.75) is 0 Å². The van der Waals surface area contributed by atoms with E-state index in [0.717, 1.165) is 0 Å². The maximum atomic E-state index is 2.52. The predicted molar refractivity (Wildman–Crippen MR) is 132 cm³/mol. The molecule has 1 aromatic heterocycles. The largest absolute Gasteiger partial charge is 0.408 e. The van der Waals surface area contributed by atoms with Crippen molar-refractivity contribution < 1.29 is 4.48 Å². The smallest absolute Gasteiger partial charge is 0.361 e. The third-order valence-electron chi connectivity index (χ3n) is 6.72. The SMILES string of the molecule is C1=C(c2ccccc2)[B-](c2ccccc2)(c2ccccc2)[n+]2cc3ccccc3cc21. The number of aromatic nitrogens is 1. The monoisotopic (exact) mass is 395 g/mol. The van der Waals surface area contributed by atoms with Gasteiger partial charge in [0, 0.05) is 11.5 Å². The van der Waals surface area contributed by atoms with Gasteiger partial charge >= 0.3 is 6.28 Å². The second-order valence-corrected chi connectivity index (χ2v) is 8.34. The number of fused-ring (bicyclic) bond motifs is 2. The summed E-state index contributed by atoms with van der Waals surface area (Å²) in [5, 5.41) is 2.53. The Balaban J connectivity index is 1.77. The molecule has 1 aliphatic rings. The maximum absolute atomic E-state index is 2.52. The molecule has 6 rings (SSSR count). The van der Waals surface area contributed by atoms with E-state index in [9.17, 15) is 0 Å². The Morgan fingerprint density at radius 3 is 1.65 bits per heavy atom. The number of rotatable bonds is 3. The molecular formula is C29H22BN. The number of nitrogens with zero attached hydrogens (tertiary/aromatic N) is 1. The highest BCUT2D eigenvalue weighted by Crippen LogP contribution is 2.32. The molecule has 4 aromatic carbocycles. The lowest BCUT2D eigenvalue weighted by Crippen LogP contribution is -2.78. The molecule has 2 heterocycles. The van der Waals surface area contributed by atoms with Gasteiger partial charge < -0.3 is 4.48 Å². The minimum Gasteiger partial charge on any atom is -0.408 e. The summed E-state index contributed by atoms with van der Waals surface area (Å²) in [5.74, 6) is 0. The highest BCUT2D eigenvalue weighted by molar-refractivity contribution is 7.10. The fourth-order valence-corrected chi connectivity index (χ4v) is 5.39. The Labute approximate surface area is 182 Å². The average molecular weight is 395 g/mol. The summed E-state index contributed by atoms with van der Waals surface area (Å²) in [4.78, 5) is 0. The van der Waals surface area contributed by atoms with Gasteiger partial charge in [-0.1, -0.05) is 115 Å². The normalized spacial score (nSPS) is 14.3. The van der Waals surface area contributed by atoms with E-state index in [4.69, 9.17) is 0 Å². The van der Waals surface area contributed by atoms with Crippen molar-refractivity contribution in [1.29, 1.82) is 0 Å². The lowest BCUT2D eigenvalue weighted by Gasteiger charge is -2.35. The first kappa shape index (κ1) is 17.9. The van der Waals surface area contributed by atoms with Crippen LogP contribution in [0.3, 0.4) is 0 Å². The van der Waals surface area contributed by atoms with Crippen LogP contribution in [0.1, 0.15) is 11.3 Å². The van der Waals surface area contributed by atoms with Gasteiger partial charge in [-0.25, -0.2) is 0 Å². The van der Waals surface area contributed by atoms with Gasteiger partial charge in [0.2, 0.25) is 0 Å². The fraction of sp³-hybridized carbons (Fsp3) is 0. The lowest BCUT2D eigenvalue weighted by molar-refractivity contribution is -0.537. The Morgan fingerprint density at radius 1 is 0.516 bits per heavy atom. The van der Waals surface area contributed by atoms with E-state index in [1.54, 1.807) is 0 Å². The second kappa shape index (κ2) is 7.10. The number of hydrogen-bond donors (Lipinski definition) is 0. The molecule has 0 fully saturated rings. The second-order valence-electron chi connectivity index (χ2n) is 8.34. The first-order chi connectivity index (χ1) is 15.4. The van der Waals surface area contributed by atoms with Crippen molar-refractivity contribution in [1.82, 2.24) is 0 Å². The molecule has 0 amide bonds. The number of hydrogen-bond acceptors (Lipinski definition) is 0. The first-order valence-corrected chi connectivity index (χ1v) is 10.9. The van der Waals surface area contributed by atoms with Crippen molar-refractivity contribution in [3.8, 4) is 0 Å². The van der Waals surface area contributed by atoms with E-state index in [1.807, 2.05) is 0 Å². The van der Waals surface area contributed by atoms with Crippen molar-refractivity contribution in [3.63, 3.8) is 0 Å². The summed E-state index contributed by atoms with van der Waals surface area (Å²) in [7, 11) is 0. The highest BCUT2D eigenvalue weighted by atomic mass is 14.9. The first-order valence-electron chi connectivity index (χ1n) is 10.9. The van der Waals surface area contributed by atoms with Crippen molar-refractivity contribution >= 4 is 39.5 Å². The number of pyridine rings is 1. The summed E-state index contributed by atoms with van der Waals surface area (Å²) in [6.45, 7) is 0. The van der Waals surface area contributed by atoms with Crippen LogP contribution in [0, 0.1) is 0 Å². The minimum atomic E-state index is -1.37. The van der Waals surface area contributed by atoms with E-state index in [-0.39, 0.29) is 0 Å². The van der Waals surface area contributed by atoms with Gasteiger partial charge in [0.05, 0.1) is 0 Å². The Morgan fingerprint density at radius 2 is 1.03 bits per heavy atom. The molecule has 1 nitrogen and oxygen atoms in total. The summed E-state index contributed by atoms with van der Waals surface area (Å²) in [5.41, 5.74) is 6.51. The molecule has 0 spiro atoms. The van der Waals surface area contributed by atoms with Crippen LogP contribution >= 0.6 is 0 Å². The molecule has 0 saturated carbocycles. The Hall–Kier alpha value is -3.91. The van der Waals surface area contributed by atoms with Crippen molar-refractivity contribution in [3.05, 3.63) is 139 Å². The van der Waals surface area contributed by atoms with E-state index in [0.29, 0.717) is 0 Å². The van der Waals surface area contributed by atoms with Crippen LogP contribution in [0.2, 0.25) is 0 Å². The summed E-state index contributed by atoms with van der Waals surface area (Å²) in [6.07, 6.45) is 3.36. The van der Waals surface area contributed by atoms with Crippen LogP contribution in [-0.2, 0) is 0 Å². The van der Waals surface area contributed by atoms with Gasteiger partial charge in [-0.05, 0) is 17.5 Å². The van der Waals surface area contributed by atoms with Crippen LogP contribution in [-0.4, -0.2) is 6.28 Å². The minimum absolute atomic E-state index is 1.24. The zero-order chi connectivity index (χ0) is 20.7. The van der Waals surface area contributed by atoms with Crippen LogP contribution < -0.4 is 15.4 Å². The Kier molecular flexibility index (Phi) is 4.10. The van der Waals surface area contributed by atoms with Crippen molar-refractivity contribution in [2.75, 3.05) is 0 Å². The number of benzene rings is 4. The van der Waals surface area contributed by atoms with E-state index in [1.165, 1.54) is 38.4 Å². The standard InChI is InChI=1S/C29H22BN/c1-4-12-23(13-5-1)29-21-28-20-24-14-10-11-15-25(24)22-31(28)30(29,26-16-6-2-7-17-26)27-18-8-3-9-19-27/h1-22H. The molecule has 0 radical (unpaired) electrons. The lowest BCUT2D eigenvalue weighted by atomic mass is 9.23. The third-order valence-corrected chi connectivity index (χ3v) is 6.72. The van der Waals surface area contributed by atoms with Gasteiger partial charge in [0.1, 0.15) is 6.20 Å². The molecule has 31 heavy (non-hydrogen) atoms. The molecule has 5 aromatic rings. The maximum Gasteiger partial charge on any atom is 0.361 e. The molecule has 0 unspecified atom stereocenters. The quantitative estimate of drug-likeness (QED) is 0.386. The van der Waals surface area contributed by atoms with E-state index < -0.39 is 6.28 Å². The van der Waals surface area contributed by atoms with E-state index in [2.05, 4.69) is 138 Å². The van der Waals surface area contributed by atoms with Crippen molar-refractivity contribution in [2.24, 2.45) is 0 Å². The summed E-state index contributed by atoms with van der Waals surface area (Å²) < 4.78 is 2.52. The van der Waals surface area contributed by atoms with Gasteiger partial charge in [-0.15, -0.1) is 16.4 Å². The van der Waals surface area contributed by atoms with Crippen LogP contribution in [0.25, 0.3) is 22.3 Å². The van der Waals surface area contributed by atoms with Crippen LogP contribution in [0.5, 0.6) is 0 Å². The van der Waals surface area contributed by atoms with Crippen LogP contribution in [0.15, 0.2) is 128 Å². The van der Waals surface area contributed by atoms with Crippen LogP contribution in [0.4, 0.5) is 0 Å². The predicted octanol–water partition coefficient (Wildman–Crippen LogP) is 4.83. The molecule has 0 saturated heterocycles. The summed E-state index contributed by atoms with van der Waals surface area (Å²) >= 11 is 0. The highest BCUT2D eigenvalue weighted by Gasteiger charge is 2.48. The fourth-order valence-electron chi connectivity index (χ4n) is 5.39. The molecule has 2 heteroatoms. The molecule has 0 N–H and O–H groups in total. The molecule has 0 aliphatic carbocycles. The topological polar surface area (TPSA) is 3.88 Å². The molecule has 0 bridgehead atoms. The average Bonchev–Trinajstić information content (AvgIpc) is 3.19. The third kappa shape index (κ3) is 2.69. The zero-order valence-electron chi connectivity index (χ0n) is 17.2. The van der Waals surface area contributed by atoms with Gasteiger partial charge in [-0.3, -0.25) is 0 Å². The van der Waals surface area contributed by atoms with Gasteiger partial charge in [-0.2, -0.15) is 0 Å². The van der Waals surface area contributed by atoms with Gasteiger partial charge in [0.15, 0.2) is 5.69 Å². The molecular weight excluding hydrogens is 373 g/mol. The molecule has 0 atom stereocenters.